The first kappa shape index (κ1) is 15.9. The predicted octanol–water partition coefficient (Wildman–Crippen LogP) is 1.94. The second-order valence-electron chi connectivity index (χ2n) is 4.09. The summed E-state index contributed by atoms with van der Waals surface area (Å²) in [5.41, 5.74) is 1.25. The van der Waals surface area contributed by atoms with E-state index in [1.165, 1.54) is 5.56 Å². The largest absolute Gasteiger partial charge is 0.352 e. The Balaban J connectivity index is 0.00000256. The number of benzene rings is 1. The van der Waals surface area contributed by atoms with Crippen LogP contribution in [0.25, 0.3) is 0 Å². The van der Waals surface area contributed by atoms with Crippen molar-refractivity contribution in [1.82, 2.24) is 10.6 Å². The SMILES string of the molecule is CNCC(=O)NC(C)C(C)c1ccccc1.Cl. The first-order chi connectivity index (χ1) is 7.65. The van der Waals surface area contributed by atoms with Crippen molar-refractivity contribution >= 4 is 18.3 Å². The third-order valence-electron chi connectivity index (χ3n) is 2.80. The number of hydrogen-bond acceptors (Lipinski definition) is 2. The molecule has 0 radical (unpaired) electrons. The molecular formula is C13H21ClN2O. The molecule has 1 aromatic rings. The summed E-state index contributed by atoms with van der Waals surface area (Å²) < 4.78 is 0. The minimum atomic E-state index is 0. The van der Waals surface area contributed by atoms with E-state index < -0.39 is 0 Å². The van der Waals surface area contributed by atoms with Gasteiger partial charge in [-0.05, 0) is 19.5 Å². The molecule has 96 valence electrons. The molecule has 3 nitrogen and oxygen atoms in total. The quantitative estimate of drug-likeness (QED) is 0.845. The molecule has 0 aliphatic heterocycles. The summed E-state index contributed by atoms with van der Waals surface area (Å²) in [5.74, 6) is 0.361. The van der Waals surface area contributed by atoms with Crippen molar-refractivity contribution < 1.29 is 4.79 Å². The predicted molar refractivity (Wildman–Crippen MR) is 73.6 cm³/mol. The van der Waals surface area contributed by atoms with Gasteiger partial charge in [-0.3, -0.25) is 4.79 Å². The molecule has 0 aliphatic carbocycles. The summed E-state index contributed by atoms with van der Waals surface area (Å²) in [6.45, 7) is 4.52. The van der Waals surface area contributed by atoms with Crippen molar-refractivity contribution in [2.45, 2.75) is 25.8 Å². The van der Waals surface area contributed by atoms with Gasteiger partial charge in [0.2, 0.25) is 5.91 Å². The van der Waals surface area contributed by atoms with Gasteiger partial charge in [-0.15, -0.1) is 12.4 Å². The molecule has 0 aromatic heterocycles. The molecule has 0 heterocycles. The average molecular weight is 257 g/mol. The maximum atomic E-state index is 11.4. The summed E-state index contributed by atoms with van der Waals surface area (Å²) >= 11 is 0. The van der Waals surface area contributed by atoms with Gasteiger partial charge in [-0.25, -0.2) is 0 Å². The number of hydrogen-bond donors (Lipinski definition) is 2. The molecule has 0 spiro atoms. The Morgan fingerprint density at radius 3 is 2.35 bits per heavy atom. The molecule has 0 aliphatic rings. The van der Waals surface area contributed by atoms with Crippen molar-refractivity contribution in [3.05, 3.63) is 35.9 Å². The van der Waals surface area contributed by atoms with E-state index in [0.717, 1.165) is 0 Å². The normalized spacial score (nSPS) is 13.4. The first-order valence-electron chi connectivity index (χ1n) is 5.64. The Morgan fingerprint density at radius 1 is 1.24 bits per heavy atom. The maximum absolute atomic E-state index is 11.4. The molecule has 17 heavy (non-hydrogen) atoms. The number of carbonyl (C=O) groups is 1. The summed E-state index contributed by atoms with van der Waals surface area (Å²) in [5, 5.41) is 5.82. The molecule has 2 unspecified atom stereocenters. The van der Waals surface area contributed by atoms with Gasteiger partial charge in [-0.2, -0.15) is 0 Å². The third-order valence-corrected chi connectivity index (χ3v) is 2.80. The molecule has 1 amide bonds. The average Bonchev–Trinajstić information content (AvgIpc) is 2.29. The zero-order valence-electron chi connectivity index (χ0n) is 10.6. The molecule has 1 aromatic carbocycles. The Morgan fingerprint density at radius 2 is 1.82 bits per heavy atom. The Hall–Kier alpha value is -1.06. The van der Waals surface area contributed by atoms with Crippen molar-refractivity contribution in [2.75, 3.05) is 13.6 Å². The van der Waals surface area contributed by atoms with Crippen LogP contribution in [0.1, 0.15) is 25.3 Å². The topological polar surface area (TPSA) is 41.1 Å². The van der Waals surface area contributed by atoms with Gasteiger partial charge < -0.3 is 10.6 Å². The van der Waals surface area contributed by atoms with Crippen LogP contribution < -0.4 is 10.6 Å². The zero-order valence-corrected chi connectivity index (χ0v) is 11.4. The molecule has 0 bridgehead atoms. The van der Waals surface area contributed by atoms with Crippen molar-refractivity contribution in [3.8, 4) is 0 Å². The molecule has 1 rings (SSSR count). The van der Waals surface area contributed by atoms with Crippen LogP contribution >= 0.6 is 12.4 Å². The van der Waals surface area contributed by atoms with E-state index in [1.54, 1.807) is 7.05 Å². The number of likely N-dealkylation sites (N-methyl/N-ethyl adjacent to an activating group) is 1. The number of carbonyl (C=O) groups excluding carboxylic acids is 1. The van der Waals surface area contributed by atoms with Crippen LogP contribution in [-0.2, 0) is 4.79 Å². The lowest BCUT2D eigenvalue weighted by Gasteiger charge is -2.21. The van der Waals surface area contributed by atoms with Gasteiger partial charge in [0.15, 0.2) is 0 Å². The summed E-state index contributed by atoms with van der Waals surface area (Å²) in [4.78, 5) is 11.4. The van der Waals surface area contributed by atoms with Crippen LogP contribution in [-0.4, -0.2) is 25.5 Å². The van der Waals surface area contributed by atoms with E-state index in [4.69, 9.17) is 0 Å². The minimum Gasteiger partial charge on any atom is -0.352 e. The fourth-order valence-electron chi connectivity index (χ4n) is 1.64. The molecule has 2 atom stereocenters. The van der Waals surface area contributed by atoms with E-state index >= 15 is 0 Å². The number of nitrogens with one attached hydrogen (secondary N) is 2. The highest BCUT2D eigenvalue weighted by Crippen LogP contribution is 2.18. The maximum Gasteiger partial charge on any atom is 0.234 e. The Bertz CT molecular complexity index is 329. The number of halogens is 1. The summed E-state index contributed by atoms with van der Waals surface area (Å²) in [6, 6.07) is 10.4. The van der Waals surface area contributed by atoms with E-state index in [-0.39, 0.29) is 24.4 Å². The molecule has 2 N–H and O–H groups in total. The fraction of sp³-hybridized carbons (Fsp3) is 0.462. The van der Waals surface area contributed by atoms with Gasteiger partial charge in [0.25, 0.3) is 0 Å². The smallest absolute Gasteiger partial charge is 0.234 e. The third kappa shape index (κ3) is 5.20. The van der Waals surface area contributed by atoms with Crippen LogP contribution in [0.4, 0.5) is 0 Å². The van der Waals surface area contributed by atoms with Crippen molar-refractivity contribution in [2.24, 2.45) is 0 Å². The second kappa shape index (κ2) is 8.09. The molecule has 0 fully saturated rings. The van der Waals surface area contributed by atoms with E-state index in [0.29, 0.717) is 12.5 Å². The van der Waals surface area contributed by atoms with Crippen molar-refractivity contribution in [3.63, 3.8) is 0 Å². The number of amides is 1. The molecule has 0 saturated carbocycles. The molecule has 0 saturated heterocycles. The highest BCUT2D eigenvalue weighted by molar-refractivity contribution is 5.85. The molecule has 4 heteroatoms. The van der Waals surface area contributed by atoms with Gasteiger partial charge in [0, 0.05) is 12.0 Å². The summed E-state index contributed by atoms with van der Waals surface area (Å²) in [6.07, 6.45) is 0. The molecular weight excluding hydrogens is 236 g/mol. The van der Waals surface area contributed by atoms with Crippen LogP contribution in [0, 0.1) is 0 Å². The monoisotopic (exact) mass is 256 g/mol. The standard InChI is InChI=1S/C13H20N2O.ClH/c1-10(12-7-5-4-6-8-12)11(2)15-13(16)9-14-3;/h4-8,10-11,14H,9H2,1-3H3,(H,15,16);1H. The van der Waals surface area contributed by atoms with Gasteiger partial charge >= 0.3 is 0 Å². The Kier molecular flexibility index (Phi) is 7.59. The summed E-state index contributed by atoms with van der Waals surface area (Å²) in [7, 11) is 1.77. The van der Waals surface area contributed by atoms with Crippen molar-refractivity contribution in [1.29, 1.82) is 0 Å². The fourth-order valence-corrected chi connectivity index (χ4v) is 1.64. The minimum absolute atomic E-state index is 0. The van der Waals surface area contributed by atoms with Gasteiger partial charge in [0.05, 0.1) is 6.54 Å². The van der Waals surface area contributed by atoms with Crippen LogP contribution in [0.15, 0.2) is 30.3 Å². The lowest BCUT2D eigenvalue weighted by molar-refractivity contribution is -0.120. The van der Waals surface area contributed by atoms with E-state index in [9.17, 15) is 4.79 Å². The first-order valence-corrected chi connectivity index (χ1v) is 5.64. The van der Waals surface area contributed by atoms with Crippen LogP contribution in [0.5, 0.6) is 0 Å². The van der Waals surface area contributed by atoms with Gasteiger partial charge in [0.1, 0.15) is 0 Å². The lowest BCUT2D eigenvalue weighted by Crippen LogP contribution is -2.40. The van der Waals surface area contributed by atoms with Crippen LogP contribution in [0.3, 0.4) is 0 Å². The van der Waals surface area contributed by atoms with E-state index in [2.05, 4.69) is 29.7 Å². The van der Waals surface area contributed by atoms with Gasteiger partial charge in [-0.1, -0.05) is 37.3 Å². The highest BCUT2D eigenvalue weighted by atomic mass is 35.5. The lowest BCUT2D eigenvalue weighted by atomic mass is 9.94. The van der Waals surface area contributed by atoms with E-state index in [1.807, 2.05) is 25.1 Å². The van der Waals surface area contributed by atoms with Crippen LogP contribution in [0.2, 0.25) is 0 Å². The second-order valence-corrected chi connectivity index (χ2v) is 4.09. The number of rotatable bonds is 5. The highest BCUT2D eigenvalue weighted by Gasteiger charge is 2.15. The Labute approximate surface area is 109 Å². The zero-order chi connectivity index (χ0) is 12.0.